The highest BCUT2D eigenvalue weighted by molar-refractivity contribution is 9.10. The number of nitrogens with two attached hydrogens (primary N) is 1. The van der Waals surface area contributed by atoms with Crippen molar-refractivity contribution in [2.45, 2.75) is 19.9 Å². The van der Waals surface area contributed by atoms with Gasteiger partial charge in [0.25, 0.3) is 0 Å². The molecule has 2 N–H and O–H groups in total. The average Bonchev–Trinajstić information content (AvgIpc) is 2.69. The summed E-state index contributed by atoms with van der Waals surface area (Å²) in [5.41, 5.74) is 8.09. The molecule has 0 aliphatic heterocycles. The van der Waals surface area contributed by atoms with Gasteiger partial charge in [0.2, 0.25) is 0 Å². The van der Waals surface area contributed by atoms with Crippen LogP contribution in [-0.2, 0) is 0 Å². The number of halogens is 3. The van der Waals surface area contributed by atoms with Gasteiger partial charge in [-0.3, -0.25) is 0 Å². The summed E-state index contributed by atoms with van der Waals surface area (Å²) in [5, 5.41) is 9.00. The molecule has 1 atom stereocenters. The molecule has 0 aliphatic rings. The lowest BCUT2D eigenvalue weighted by atomic mass is 10.2. The van der Waals surface area contributed by atoms with E-state index in [0.29, 0.717) is 15.7 Å². The molecule has 2 aromatic rings. The van der Waals surface area contributed by atoms with Crippen LogP contribution in [0.4, 0.5) is 0 Å². The second kappa shape index (κ2) is 5.17. The van der Waals surface area contributed by atoms with Gasteiger partial charge in [0.15, 0.2) is 0 Å². The minimum absolute atomic E-state index is 0.177. The van der Waals surface area contributed by atoms with Crippen molar-refractivity contribution < 1.29 is 0 Å². The highest BCUT2D eigenvalue weighted by Crippen LogP contribution is 2.35. The van der Waals surface area contributed by atoms with Crippen molar-refractivity contribution in [3.63, 3.8) is 0 Å². The summed E-state index contributed by atoms with van der Waals surface area (Å²) in [5.74, 6) is 0. The molecule has 0 aliphatic carbocycles. The Labute approximate surface area is 123 Å². The molecule has 0 spiro atoms. The molecule has 0 bridgehead atoms. The second-order valence-electron chi connectivity index (χ2n) is 3.96. The van der Waals surface area contributed by atoms with E-state index in [9.17, 15) is 0 Å². The lowest BCUT2D eigenvalue weighted by Crippen LogP contribution is -2.08. The Morgan fingerprint density at radius 2 is 2.00 bits per heavy atom. The third-order valence-electron chi connectivity index (χ3n) is 2.60. The van der Waals surface area contributed by atoms with Crippen LogP contribution in [0, 0.1) is 6.92 Å². The summed E-state index contributed by atoms with van der Waals surface area (Å²) in [7, 11) is 0. The number of benzene rings is 1. The number of rotatable bonds is 2. The van der Waals surface area contributed by atoms with Crippen LogP contribution in [0.1, 0.15) is 24.4 Å². The zero-order valence-corrected chi connectivity index (χ0v) is 12.9. The number of hydrogen-bond donors (Lipinski definition) is 1. The lowest BCUT2D eigenvalue weighted by molar-refractivity contribution is 0.756. The molecule has 0 fully saturated rings. The van der Waals surface area contributed by atoms with Gasteiger partial charge in [-0.2, -0.15) is 0 Å². The Morgan fingerprint density at radius 1 is 1.33 bits per heavy atom. The van der Waals surface area contributed by atoms with Gasteiger partial charge in [0, 0.05) is 10.5 Å². The van der Waals surface area contributed by atoms with Crippen LogP contribution in [0.3, 0.4) is 0 Å². The maximum atomic E-state index is 6.21. The van der Waals surface area contributed by atoms with Gasteiger partial charge in [0.05, 0.1) is 21.4 Å². The van der Waals surface area contributed by atoms with E-state index in [1.54, 1.807) is 4.68 Å². The van der Waals surface area contributed by atoms with E-state index in [4.69, 9.17) is 28.9 Å². The van der Waals surface area contributed by atoms with Crippen molar-refractivity contribution in [1.29, 1.82) is 0 Å². The summed E-state index contributed by atoms with van der Waals surface area (Å²) >= 11 is 15.6. The van der Waals surface area contributed by atoms with Crippen molar-refractivity contribution in [3.05, 3.63) is 38.0 Å². The quantitative estimate of drug-likeness (QED) is 0.841. The summed E-state index contributed by atoms with van der Waals surface area (Å²) in [6.07, 6.45) is 0. The van der Waals surface area contributed by atoms with E-state index in [0.717, 1.165) is 15.9 Å². The molecule has 18 heavy (non-hydrogen) atoms. The molecule has 0 saturated carbocycles. The monoisotopic (exact) mass is 348 g/mol. The minimum atomic E-state index is -0.177. The molecule has 1 aromatic carbocycles. The zero-order chi connectivity index (χ0) is 13.4. The molecular formula is C11H11BrCl2N4. The predicted octanol–water partition coefficient (Wildman–Crippen LogP) is 3.66. The molecule has 4 nitrogen and oxygen atoms in total. The molecule has 1 heterocycles. The Kier molecular flexibility index (Phi) is 3.96. The average molecular weight is 350 g/mol. The third kappa shape index (κ3) is 2.28. The largest absolute Gasteiger partial charge is 0.323 e. The van der Waals surface area contributed by atoms with Crippen LogP contribution in [0.5, 0.6) is 0 Å². The highest BCUT2D eigenvalue weighted by atomic mass is 79.9. The third-order valence-corrected chi connectivity index (χ3v) is 4.37. The topological polar surface area (TPSA) is 56.7 Å². The number of hydrogen-bond acceptors (Lipinski definition) is 3. The first kappa shape index (κ1) is 13.8. The molecule has 1 aromatic heterocycles. The summed E-state index contributed by atoms with van der Waals surface area (Å²) in [4.78, 5) is 0. The van der Waals surface area contributed by atoms with Gasteiger partial charge < -0.3 is 5.73 Å². The van der Waals surface area contributed by atoms with Gasteiger partial charge in [0.1, 0.15) is 5.69 Å². The Hall–Kier alpha value is -0.620. The fourth-order valence-electron chi connectivity index (χ4n) is 1.67. The van der Waals surface area contributed by atoms with Crippen LogP contribution < -0.4 is 5.73 Å². The van der Waals surface area contributed by atoms with E-state index in [1.807, 2.05) is 26.0 Å². The Bertz CT molecular complexity index is 595. The van der Waals surface area contributed by atoms with Crippen LogP contribution in [0.15, 0.2) is 16.6 Å². The number of aromatic nitrogens is 3. The van der Waals surface area contributed by atoms with E-state index in [-0.39, 0.29) is 6.04 Å². The fourth-order valence-corrected chi connectivity index (χ4v) is 2.52. The van der Waals surface area contributed by atoms with Crippen LogP contribution >= 0.6 is 39.1 Å². The second-order valence-corrected chi connectivity index (χ2v) is 5.57. The van der Waals surface area contributed by atoms with Crippen molar-refractivity contribution >= 4 is 39.1 Å². The molecule has 7 heteroatoms. The van der Waals surface area contributed by atoms with E-state index < -0.39 is 0 Å². The zero-order valence-electron chi connectivity index (χ0n) is 9.78. The van der Waals surface area contributed by atoms with Crippen LogP contribution in [0.2, 0.25) is 10.0 Å². The summed E-state index contributed by atoms with van der Waals surface area (Å²) < 4.78 is 2.38. The van der Waals surface area contributed by atoms with Crippen molar-refractivity contribution in [1.82, 2.24) is 15.0 Å². The maximum Gasteiger partial charge on any atom is 0.102 e. The highest BCUT2D eigenvalue weighted by Gasteiger charge is 2.17. The Balaban J connectivity index is 2.60. The Morgan fingerprint density at radius 3 is 2.56 bits per heavy atom. The van der Waals surface area contributed by atoms with Crippen LogP contribution in [0.25, 0.3) is 5.69 Å². The van der Waals surface area contributed by atoms with E-state index >= 15 is 0 Å². The predicted molar refractivity (Wildman–Crippen MR) is 76.4 cm³/mol. The molecule has 0 radical (unpaired) electrons. The smallest absolute Gasteiger partial charge is 0.102 e. The summed E-state index contributed by atoms with van der Waals surface area (Å²) in [6, 6.07) is 3.46. The molecule has 1 unspecified atom stereocenters. The fraction of sp³-hybridized carbons (Fsp3) is 0.273. The van der Waals surface area contributed by atoms with Crippen molar-refractivity contribution in [2.24, 2.45) is 5.73 Å². The molecule has 2 rings (SSSR count). The van der Waals surface area contributed by atoms with Crippen LogP contribution in [-0.4, -0.2) is 15.0 Å². The molecule has 96 valence electrons. The first-order valence-corrected chi connectivity index (χ1v) is 6.80. The molecule has 0 amide bonds. The van der Waals surface area contributed by atoms with Gasteiger partial charge in [-0.05, 0) is 41.9 Å². The maximum absolute atomic E-state index is 6.21. The summed E-state index contributed by atoms with van der Waals surface area (Å²) in [6.45, 7) is 3.75. The van der Waals surface area contributed by atoms with E-state index in [2.05, 4.69) is 26.2 Å². The van der Waals surface area contributed by atoms with Crippen molar-refractivity contribution in [3.8, 4) is 5.69 Å². The van der Waals surface area contributed by atoms with Gasteiger partial charge in [-0.15, -0.1) is 5.10 Å². The lowest BCUT2D eigenvalue weighted by Gasteiger charge is -2.09. The number of nitrogens with zero attached hydrogens (tertiary/aromatic N) is 3. The minimum Gasteiger partial charge on any atom is -0.323 e. The van der Waals surface area contributed by atoms with Crippen molar-refractivity contribution in [2.75, 3.05) is 0 Å². The SMILES string of the molecule is Cc1c(C(C)N)nnn1-c1ccc(Br)c(Cl)c1Cl. The van der Waals surface area contributed by atoms with Gasteiger partial charge in [-0.1, -0.05) is 28.4 Å². The first-order valence-electron chi connectivity index (χ1n) is 5.25. The van der Waals surface area contributed by atoms with E-state index in [1.165, 1.54) is 0 Å². The molecule has 0 saturated heterocycles. The van der Waals surface area contributed by atoms with Gasteiger partial charge in [-0.25, -0.2) is 4.68 Å². The molecular weight excluding hydrogens is 339 g/mol. The standard InChI is InChI=1S/C11H11BrCl2N4/c1-5(15)11-6(2)18(17-16-11)8-4-3-7(12)9(13)10(8)14/h3-5H,15H2,1-2H3. The first-order chi connectivity index (χ1) is 8.43. The van der Waals surface area contributed by atoms with Gasteiger partial charge >= 0.3 is 0 Å². The normalized spacial score (nSPS) is 12.8.